The maximum atomic E-state index is 13.1. The van der Waals surface area contributed by atoms with Crippen molar-refractivity contribution >= 4 is 11.6 Å². The van der Waals surface area contributed by atoms with Crippen molar-refractivity contribution < 1.29 is 19.1 Å². The Morgan fingerprint density at radius 1 is 1.20 bits per heavy atom. The number of ether oxygens (including phenoxy) is 1. The monoisotopic (exact) mass is 411 g/mol. The zero-order valence-corrected chi connectivity index (χ0v) is 17.1. The van der Waals surface area contributed by atoms with Crippen LogP contribution in [-0.4, -0.2) is 59.9 Å². The molecule has 30 heavy (non-hydrogen) atoms. The van der Waals surface area contributed by atoms with E-state index in [1.807, 2.05) is 23.1 Å². The largest absolute Gasteiger partial charge is 0.497 e. The van der Waals surface area contributed by atoms with Crippen LogP contribution in [0.1, 0.15) is 34.3 Å². The molecule has 0 saturated carbocycles. The van der Waals surface area contributed by atoms with Crippen molar-refractivity contribution in [3.8, 4) is 5.75 Å². The Labute approximate surface area is 175 Å². The summed E-state index contributed by atoms with van der Waals surface area (Å²) in [6.07, 6.45) is 1.96. The lowest BCUT2D eigenvalue weighted by Crippen LogP contribution is -2.41. The molecule has 158 valence electrons. The first-order chi connectivity index (χ1) is 14.6. The predicted octanol–water partition coefficient (Wildman–Crippen LogP) is 3.38. The average molecular weight is 411 g/mol. The molecule has 1 N–H and O–H groups in total. The molecule has 1 saturated heterocycles. The van der Waals surface area contributed by atoms with Crippen molar-refractivity contribution in [3.63, 3.8) is 0 Å². The molecule has 6 nitrogen and oxygen atoms in total. The highest BCUT2D eigenvalue weighted by atomic mass is 19.1. The van der Waals surface area contributed by atoms with Crippen molar-refractivity contribution in [2.45, 2.75) is 19.4 Å². The van der Waals surface area contributed by atoms with E-state index in [2.05, 4.69) is 10.1 Å². The summed E-state index contributed by atoms with van der Waals surface area (Å²) in [5, 5.41) is 12.8. The van der Waals surface area contributed by atoms with Gasteiger partial charge in [-0.15, -0.1) is 0 Å². The van der Waals surface area contributed by atoms with Gasteiger partial charge in [0.15, 0.2) is 0 Å². The second-order valence-electron chi connectivity index (χ2n) is 7.98. The van der Waals surface area contributed by atoms with Gasteiger partial charge in [0.2, 0.25) is 0 Å². The van der Waals surface area contributed by atoms with Crippen LogP contribution in [0.15, 0.2) is 47.6 Å². The third-order valence-electron chi connectivity index (χ3n) is 6.05. The maximum Gasteiger partial charge on any atom is 0.254 e. The summed E-state index contributed by atoms with van der Waals surface area (Å²) in [6.45, 7) is 3.64. The third-order valence-corrected chi connectivity index (χ3v) is 6.05. The van der Waals surface area contributed by atoms with Crippen molar-refractivity contribution in [3.05, 3.63) is 65.0 Å². The van der Waals surface area contributed by atoms with Gasteiger partial charge in [-0.2, -0.15) is 0 Å². The van der Waals surface area contributed by atoms with Gasteiger partial charge in [0.25, 0.3) is 5.91 Å². The topological polar surface area (TPSA) is 65.4 Å². The lowest BCUT2D eigenvalue weighted by atomic mass is 9.95. The molecule has 2 aromatic carbocycles. The molecule has 1 fully saturated rings. The Morgan fingerprint density at radius 3 is 2.60 bits per heavy atom. The summed E-state index contributed by atoms with van der Waals surface area (Å²) < 4.78 is 18.4. The first-order valence-corrected chi connectivity index (χ1v) is 10.2. The molecular weight excluding hydrogens is 385 g/mol. The minimum atomic E-state index is -0.311. The first kappa shape index (κ1) is 20.3. The van der Waals surface area contributed by atoms with Crippen LogP contribution in [0.3, 0.4) is 0 Å². The summed E-state index contributed by atoms with van der Waals surface area (Å²) in [5.74, 6) is 1.01. The van der Waals surface area contributed by atoms with Gasteiger partial charge in [0.1, 0.15) is 17.3 Å². The van der Waals surface area contributed by atoms with Crippen LogP contribution in [0.2, 0.25) is 0 Å². The number of oxime groups is 1. The van der Waals surface area contributed by atoms with E-state index in [1.165, 1.54) is 12.1 Å². The smallest absolute Gasteiger partial charge is 0.254 e. The number of carbonyl (C=O) groups excluding carboxylic acids is 1. The van der Waals surface area contributed by atoms with Gasteiger partial charge in [0, 0.05) is 30.8 Å². The van der Waals surface area contributed by atoms with Crippen molar-refractivity contribution in [1.82, 2.24) is 9.80 Å². The second-order valence-corrected chi connectivity index (χ2v) is 7.98. The Bertz CT molecular complexity index is 937. The van der Waals surface area contributed by atoms with Gasteiger partial charge >= 0.3 is 0 Å². The van der Waals surface area contributed by atoms with Gasteiger partial charge < -0.3 is 14.8 Å². The highest BCUT2D eigenvalue weighted by molar-refractivity contribution is 6.01. The van der Waals surface area contributed by atoms with E-state index in [-0.39, 0.29) is 11.7 Å². The molecule has 7 heteroatoms. The number of benzene rings is 2. The zero-order valence-electron chi connectivity index (χ0n) is 17.1. The zero-order chi connectivity index (χ0) is 21.1. The molecule has 0 aromatic heterocycles. The highest BCUT2D eigenvalue weighted by Crippen LogP contribution is 2.29. The van der Waals surface area contributed by atoms with E-state index in [1.54, 1.807) is 19.2 Å². The number of amides is 1. The number of rotatable bonds is 6. The number of methoxy groups -OCH3 is 1. The standard InChI is InChI=1S/C23H26FN3O3/c1-30-20-6-7-21-18(12-20)14-27(23(21)28)13-16-8-10-26(11-9-16)15-22(25-29)17-2-4-19(24)5-3-17/h2-7,12,16,29H,8-11,13-15H2,1H3. The predicted molar refractivity (Wildman–Crippen MR) is 112 cm³/mol. The van der Waals surface area contributed by atoms with Crippen LogP contribution in [0, 0.1) is 11.7 Å². The van der Waals surface area contributed by atoms with Crippen molar-refractivity contribution in [1.29, 1.82) is 0 Å². The molecule has 2 aliphatic rings. The van der Waals surface area contributed by atoms with E-state index in [9.17, 15) is 14.4 Å². The Balaban J connectivity index is 1.30. The fourth-order valence-electron chi connectivity index (χ4n) is 4.31. The van der Waals surface area contributed by atoms with Crippen LogP contribution in [-0.2, 0) is 6.54 Å². The molecule has 0 radical (unpaired) electrons. The van der Waals surface area contributed by atoms with Gasteiger partial charge in [-0.25, -0.2) is 4.39 Å². The molecule has 2 heterocycles. The number of piperidine rings is 1. The molecule has 4 rings (SSSR count). The fraction of sp³-hybridized carbons (Fsp3) is 0.391. The van der Waals surface area contributed by atoms with Crippen molar-refractivity contribution in [2.24, 2.45) is 11.1 Å². The molecule has 0 aliphatic carbocycles. The molecule has 0 spiro atoms. The number of likely N-dealkylation sites (tertiary alicyclic amines) is 1. The summed E-state index contributed by atoms with van der Waals surface area (Å²) >= 11 is 0. The van der Waals surface area contributed by atoms with Gasteiger partial charge in [-0.1, -0.05) is 17.3 Å². The average Bonchev–Trinajstić information content (AvgIpc) is 3.08. The quantitative estimate of drug-likeness (QED) is 0.450. The van der Waals surface area contributed by atoms with Gasteiger partial charge in [-0.05, 0) is 67.7 Å². The molecule has 2 aliphatic heterocycles. The van der Waals surface area contributed by atoms with E-state index in [4.69, 9.17) is 4.74 Å². The Kier molecular flexibility index (Phi) is 5.99. The number of carbonyl (C=O) groups is 1. The molecule has 0 atom stereocenters. The minimum absolute atomic E-state index is 0.0982. The number of halogens is 1. The molecule has 0 unspecified atom stereocenters. The maximum absolute atomic E-state index is 13.1. The van der Waals surface area contributed by atoms with Crippen molar-refractivity contribution in [2.75, 3.05) is 33.3 Å². The van der Waals surface area contributed by atoms with E-state index >= 15 is 0 Å². The van der Waals surface area contributed by atoms with E-state index in [0.717, 1.165) is 54.9 Å². The highest BCUT2D eigenvalue weighted by Gasteiger charge is 2.31. The third kappa shape index (κ3) is 4.31. The van der Waals surface area contributed by atoms with E-state index in [0.29, 0.717) is 24.7 Å². The second kappa shape index (κ2) is 8.83. The molecule has 0 bridgehead atoms. The number of hydrogen-bond donors (Lipinski definition) is 1. The van der Waals surface area contributed by atoms with Gasteiger partial charge in [-0.3, -0.25) is 9.69 Å². The lowest BCUT2D eigenvalue weighted by Gasteiger charge is -2.33. The summed E-state index contributed by atoms with van der Waals surface area (Å²) in [5.41, 5.74) is 3.06. The fourth-order valence-corrected chi connectivity index (χ4v) is 4.31. The number of hydrogen-bond acceptors (Lipinski definition) is 5. The van der Waals surface area contributed by atoms with Crippen LogP contribution in [0.4, 0.5) is 4.39 Å². The summed E-state index contributed by atoms with van der Waals surface area (Å²) in [7, 11) is 1.63. The SMILES string of the molecule is COc1ccc2c(c1)CN(CC1CCN(CC(=NO)c3ccc(F)cc3)CC1)C2=O. The van der Waals surface area contributed by atoms with E-state index < -0.39 is 0 Å². The number of fused-ring (bicyclic) bond motifs is 1. The Morgan fingerprint density at radius 2 is 1.93 bits per heavy atom. The summed E-state index contributed by atoms with van der Waals surface area (Å²) in [6, 6.07) is 11.6. The minimum Gasteiger partial charge on any atom is -0.497 e. The van der Waals surface area contributed by atoms with Crippen LogP contribution >= 0.6 is 0 Å². The van der Waals surface area contributed by atoms with Crippen LogP contribution < -0.4 is 4.74 Å². The first-order valence-electron chi connectivity index (χ1n) is 10.2. The molecular formula is C23H26FN3O3. The Hall–Kier alpha value is -2.93. The lowest BCUT2D eigenvalue weighted by molar-refractivity contribution is 0.0719. The van der Waals surface area contributed by atoms with Gasteiger partial charge in [0.05, 0.1) is 7.11 Å². The van der Waals surface area contributed by atoms with Crippen LogP contribution in [0.5, 0.6) is 5.75 Å². The molecule has 1 amide bonds. The molecule has 2 aromatic rings. The number of nitrogens with zero attached hydrogens (tertiary/aromatic N) is 3. The van der Waals surface area contributed by atoms with Crippen LogP contribution in [0.25, 0.3) is 0 Å². The normalized spacial score (nSPS) is 18.0. The summed E-state index contributed by atoms with van der Waals surface area (Å²) in [4.78, 5) is 16.9.